The maximum Gasteiger partial charge on any atom is 0.146 e. The molecule has 10 aromatic heterocycles. The molecule has 10 heterocycles. The van der Waals surface area contributed by atoms with E-state index in [9.17, 15) is 0 Å². The molecular weight excluding hydrogens is 1850 g/mol. The summed E-state index contributed by atoms with van der Waals surface area (Å²) in [5, 5.41) is 21.6. The number of hydrogen-bond donors (Lipinski definition) is 0. The lowest BCUT2D eigenvalue weighted by molar-refractivity contribution is 0.321. The Bertz CT molecular complexity index is 5230. The van der Waals surface area contributed by atoms with Gasteiger partial charge in [-0.2, -0.15) is 14.6 Å². The van der Waals surface area contributed by atoms with E-state index in [1.54, 1.807) is 11.5 Å². The zero-order valence-corrected chi connectivity index (χ0v) is 114. The molecule has 0 N–H and O–H groups in total. The lowest BCUT2D eigenvalue weighted by Crippen LogP contribution is -2.30. The van der Waals surface area contributed by atoms with Gasteiger partial charge in [-0.1, -0.05) is 384 Å². The molecular formula is C130H237N17OS. The summed E-state index contributed by atoms with van der Waals surface area (Å²) in [6.45, 7) is 163. The fourth-order valence-corrected chi connectivity index (χ4v) is 23.4. The summed E-state index contributed by atoms with van der Waals surface area (Å²) in [5.74, 6) is 4.35. The van der Waals surface area contributed by atoms with Crippen LogP contribution in [0.25, 0.3) is 0 Å². The lowest BCUT2D eigenvalue weighted by Gasteiger charge is -2.31. The van der Waals surface area contributed by atoms with Gasteiger partial charge < -0.3 is 27.4 Å². The Morgan fingerprint density at radius 2 is 0.490 bits per heavy atom. The summed E-state index contributed by atoms with van der Waals surface area (Å²) < 4.78 is 27.6. The van der Waals surface area contributed by atoms with Gasteiger partial charge >= 0.3 is 0 Å². The van der Waals surface area contributed by atoms with Crippen molar-refractivity contribution in [1.82, 2.24) is 81.9 Å². The van der Waals surface area contributed by atoms with Gasteiger partial charge in [0.15, 0.2) is 0 Å². The summed E-state index contributed by atoms with van der Waals surface area (Å²) >= 11 is 1.66. The maximum absolute atomic E-state index is 5.44. The summed E-state index contributed by atoms with van der Waals surface area (Å²) in [7, 11) is 12.5. The highest BCUT2D eigenvalue weighted by atomic mass is 32.1. The molecule has 0 aliphatic heterocycles. The monoisotopic (exact) mass is 2080 g/mol. The maximum atomic E-state index is 5.44. The first-order chi connectivity index (χ1) is 65.1. The molecule has 0 bridgehead atoms. The van der Waals surface area contributed by atoms with Crippen molar-refractivity contribution in [1.29, 1.82) is 0 Å². The van der Waals surface area contributed by atoms with Crippen LogP contribution in [0, 0.1) is 90.0 Å². The van der Waals surface area contributed by atoms with Gasteiger partial charge in [0.1, 0.15) is 23.2 Å². The second-order valence-corrected chi connectivity index (χ2v) is 64.6. The van der Waals surface area contributed by atoms with E-state index in [0.717, 1.165) is 57.4 Å². The van der Waals surface area contributed by atoms with Crippen molar-refractivity contribution in [3.8, 4) is 0 Å². The van der Waals surface area contributed by atoms with Crippen molar-refractivity contribution < 1.29 is 4.52 Å². The fourth-order valence-electron chi connectivity index (χ4n) is 22.3. The normalized spacial score (nSPS) is 13.3. The molecule has 19 heteroatoms. The van der Waals surface area contributed by atoms with Gasteiger partial charge in [-0.15, -0.1) is 5.10 Å². The summed E-state index contributed by atoms with van der Waals surface area (Å²) in [4.78, 5) is 15.4. The van der Waals surface area contributed by atoms with Crippen molar-refractivity contribution >= 4 is 11.5 Å². The van der Waals surface area contributed by atoms with Crippen molar-refractivity contribution in [3.63, 3.8) is 0 Å². The molecule has 0 aliphatic carbocycles. The van der Waals surface area contributed by atoms with Crippen LogP contribution in [0.1, 0.15) is 591 Å². The molecule has 0 fully saturated rings. The smallest absolute Gasteiger partial charge is 0.146 e. The molecule has 0 aromatic carbocycles. The van der Waals surface area contributed by atoms with E-state index in [1.807, 2.05) is 42.1 Å². The van der Waals surface area contributed by atoms with Crippen molar-refractivity contribution in [3.05, 3.63) is 175 Å². The first-order valence-corrected chi connectivity index (χ1v) is 56.3. The van der Waals surface area contributed by atoms with Gasteiger partial charge in [0.05, 0.1) is 51.2 Å². The highest BCUT2D eigenvalue weighted by Gasteiger charge is 2.41. The fraction of sp³-hybridized carbons (Fsp3) is 0.762. The second-order valence-electron chi connectivity index (χ2n) is 63.8. The number of aryl methyl sites for hydroxylation is 12. The number of hydrogen-bond acceptors (Lipinski definition) is 11. The minimum Gasteiger partial charge on any atom is -0.360 e. The highest BCUT2D eigenvalue weighted by Crippen LogP contribution is 2.46. The molecule has 18 nitrogen and oxygen atoms in total. The van der Waals surface area contributed by atoms with Crippen molar-refractivity contribution in [2.24, 2.45) is 42.3 Å². The van der Waals surface area contributed by atoms with Gasteiger partial charge in [-0.05, 0) is 209 Å². The van der Waals surface area contributed by atoms with E-state index in [4.69, 9.17) is 9.51 Å². The van der Waals surface area contributed by atoms with E-state index < -0.39 is 0 Å². The molecule has 0 unspecified atom stereocenters. The van der Waals surface area contributed by atoms with Crippen LogP contribution in [0.5, 0.6) is 0 Å². The standard InChI is InChI=1S/2C15H27N.5C13H24N2.C12H21NO.C12H21NS.C11H21N3/c2*1-10-11(2)16(9)13(15(6,7)8)12(10)14(3,4)5;1-9-14-10(12(2,3)4)11(15(9)8)13(5,6)7;2*1-9-10(12(2,3)4)11(13(5,6)7)15(8)14-9;2*1-9-11(12(3,4)5)15(10(2)14-9)13(6,7)8;2*1-8-9(11(2,3)4)10(14-13-8)12(5,6)7;1-10(2,3)8-9(11(4,5)6)14(7)13-12-8/h2*1-9H3;5*1-8H3;3*1-7H3. The van der Waals surface area contributed by atoms with Crippen LogP contribution in [-0.2, 0) is 151 Å². The predicted octanol–water partition coefficient (Wildman–Crippen LogP) is 35.6. The van der Waals surface area contributed by atoms with Gasteiger partial charge in [0.2, 0.25) is 0 Å². The number of nitrogens with zero attached hydrogens (tertiary/aromatic N) is 17. The Labute approximate surface area is 923 Å². The van der Waals surface area contributed by atoms with Crippen LogP contribution in [-0.4, -0.2) is 81.9 Å². The molecule has 0 radical (unpaired) electrons. The zero-order valence-electron chi connectivity index (χ0n) is 113. The lowest BCUT2D eigenvalue weighted by atomic mass is 9.78. The molecule has 0 atom stereocenters. The molecule has 0 saturated heterocycles. The molecule has 0 aliphatic rings. The van der Waals surface area contributed by atoms with E-state index in [-0.39, 0.29) is 109 Å². The van der Waals surface area contributed by atoms with Crippen molar-refractivity contribution in [2.45, 2.75) is 614 Å². The van der Waals surface area contributed by atoms with E-state index >= 15 is 0 Å². The Hall–Kier alpha value is -7.41. The van der Waals surface area contributed by atoms with E-state index in [1.165, 1.54) is 118 Å². The molecule has 0 amide bonds. The number of aromatic nitrogens is 17. The first kappa shape index (κ1) is 140. The SMILES string of the molecule is Cc1c(C(C)(C)C)c(C(C)(C)C)n(C)c1C.Cc1c(C(C)(C)C)c(C(C)(C)C)n(C)c1C.Cc1nc(C(C)(C)C)c(C(C)(C)C)n1C.Cc1nc(C)n(C(C)(C)C)c1C(C)(C)C.Cc1nc(C)n(C(C)(C)C)c1C(C)(C)C.Cc1nn(C)c(C(C)(C)C)c1C(C)(C)C.Cc1nn(C)c(C(C)(C)C)c1C(C)(C)C.Cc1noc(C(C)(C)C)c1C(C)(C)C.Cc1nsc(C(C)(C)C)c1C(C)(C)C.Cn1nnc(C(C)(C)C)c1C(C)(C)C. The first-order valence-electron chi connectivity index (χ1n) is 55.6. The molecule has 0 spiro atoms. The van der Waals surface area contributed by atoms with Crippen LogP contribution in [0.4, 0.5) is 0 Å². The Morgan fingerprint density at radius 3 is 0.678 bits per heavy atom. The van der Waals surface area contributed by atoms with Crippen LogP contribution >= 0.6 is 11.5 Å². The highest BCUT2D eigenvalue weighted by molar-refractivity contribution is 7.06. The van der Waals surface area contributed by atoms with Gasteiger partial charge in [0, 0.05) is 186 Å². The minimum atomic E-state index is 0.0316. The Kier molecular flexibility index (Phi) is 44.3. The Balaban J connectivity index is 0.000000828. The predicted molar refractivity (Wildman–Crippen MR) is 653 cm³/mol. The summed E-state index contributed by atoms with van der Waals surface area (Å²) in [6, 6.07) is 0. The molecule has 149 heavy (non-hydrogen) atoms. The molecule has 0 saturated carbocycles. The quantitative estimate of drug-likeness (QED) is 0.142. The van der Waals surface area contributed by atoms with Crippen LogP contribution < -0.4 is 0 Å². The molecule has 854 valence electrons. The largest absolute Gasteiger partial charge is 0.360 e. The van der Waals surface area contributed by atoms with Crippen LogP contribution in [0.2, 0.25) is 0 Å². The topological polar surface area (TPSA) is 169 Å². The average molecular weight is 2090 g/mol. The van der Waals surface area contributed by atoms with E-state index in [2.05, 4.69) is 582 Å². The van der Waals surface area contributed by atoms with Gasteiger partial charge in [-0.3, -0.25) is 14.0 Å². The summed E-state index contributed by atoms with van der Waals surface area (Å²) in [5.41, 5.74) is 37.4. The van der Waals surface area contributed by atoms with Gasteiger partial charge in [-0.25, -0.2) is 15.0 Å². The average Bonchev–Trinajstić information content (AvgIpc) is 1.59. The minimum absolute atomic E-state index is 0.0316. The van der Waals surface area contributed by atoms with Gasteiger partial charge in [0.25, 0.3) is 0 Å². The van der Waals surface area contributed by atoms with E-state index in [0.29, 0.717) is 0 Å². The number of rotatable bonds is 0. The third-order valence-corrected chi connectivity index (χ3v) is 28.4. The Morgan fingerprint density at radius 1 is 0.215 bits per heavy atom. The second kappa shape index (κ2) is 47.3. The zero-order chi connectivity index (χ0) is 119. The molecule has 10 aromatic rings. The number of imidazole rings is 3. The van der Waals surface area contributed by atoms with Crippen LogP contribution in [0.15, 0.2) is 4.52 Å². The third kappa shape index (κ3) is 36.6. The van der Waals surface area contributed by atoms with Crippen molar-refractivity contribution in [2.75, 3.05) is 0 Å². The molecule has 10 rings (SSSR count). The van der Waals surface area contributed by atoms with Crippen LogP contribution in [0.3, 0.4) is 0 Å². The summed E-state index contributed by atoms with van der Waals surface area (Å²) in [6.07, 6.45) is 0. The third-order valence-electron chi connectivity index (χ3n) is 27.0.